The van der Waals surface area contributed by atoms with Gasteiger partial charge in [0, 0.05) is 5.38 Å². The fourth-order valence-corrected chi connectivity index (χ4v) is 3.92. The first-order valence-corrected chi connectivity index (χ1v) is 8.64. The zero-order valence-corrected chi connectivity index (χ0v) is 13.6. The summed E-state index contributed by atoms with van der Waals surface area (Å²) in [4.78, 5) is 25.2. The molecule has 9 heteroatoms. The summed E-state index contributed by atoms with van der Waals surface area (Å²) in [6.45, 7) is 0.184. The molecule has 0 spiro atoms. The number of anilines is 1. The minimum atomic E-state index is -0.239. The van der Waals surface area contributed by atoms with Gasteiger partial charge in [-0.3, -0.25) is 4.79 Å². The maximum atomic E-state index is 11.8. The summed E-state index contributed by atoms with van der Waals surface area (Å²) in [5.41, 5.74) is 7.07. The molecule has 3 aromatic rings. The van der Waals surface area contributed by atoms with E-state index in [4.69, 9.17) is 10.6 Å². The minimum Gasteiger partial charge on any atom is -0.389 e. The van der Waals surface area contributed by atoms with E-state index in [1.165, 1.54) is 22.7 Å². The van der Waals surface area contributed by atoms with Crippen LogP contribution in [-0.2, 0) is 16.2 Å². The van der Waals surface area contributed by atoms with E-state index in [0.717, 1.165) is 28.2 Å². The fourth-order valence-electron chi connectivity index (χ4n) is 1.58. The Morgan fingerprint density at radius 2 is 2.27 bits per heavy atom. The Bertz CT molecular complexity index is 794. The minimum absolute atomic E-state index is 0.184. The van der Waals surface area contributed by atoms with Gasteiger partial charge in [-0.1, -0.05) is 17.3 Å². The summed E-state index contributed by atoms with van der Waals surface area (Å²) >= 11 is 3.83. The number of hydrogen-bond donors (Lipinski definition) is 1. The molecule has 112 valence electrons. The van der Waals surface area contributed by atoms with Crippen LogP contribution in [0.25, 0.3) is 10.2 Å². The van der Waals surface area contributed by atoms with Crippen molar-refractivity contribution < 1.29 is 9.63 Å². The Hall–Kier alpha value is -1.97. The largest absolute Gasteiger partial charge is 0.389 e. The summed E-state index contributed by atoms with van der Waals surface area (Å²) in [6, 6.07) is 7.74. The van der Waals surface area contributed by atoms with E-state index in [1.807, 2.05) is 24.3 Å². The van der Waals surface area contributed by atoms with Gasteiger partial charge in [-0.2, -0.15) is 0 Å². The molecule has 0 aliphatic heterocycles. The number of para-hydroxylation sites is 1. The molecule has 2 aromatic heterocycles. The summed E-state index contributed by atoms with van der Waals surface area (Å²) < 4.78 is 1.73. The van der Waals surface area contributed by atoms with Crippen molar-refractivity contribution in [1.29, 1.82) is 0 Å². The molecule has 22 heavy (non-hydrogen) atoms. The second-order valence-corrected chi connectivity index (χ2v) is 7.23. The van der Waals surface area contributed by atoms with Gasteiger partial charge in [0.25, 0.3) is 0 Å². The second-order valence-electron chi connectivity index (χ2n) is 4.05. The maximum absolute atomic E-state index is 11.8. The number of hydrogen-bond acceptors (Lipinski definition) is 9. The smallest absolute Gasteiger partial charge is 0.240 e. The van der Waals surface area contributed by atoms with Crippen molar-refractivity contribution in [2.45, 2.75) is 10.9 Å². The Labute approximate surface area is 138 Å². The molecule has 0 saturated carbocycles. The number of nitrogen functional groups attached to an aromatic ring is 1. The van der Waals surface area contributed by atoms with Gasteiger partial charge in [0.15, 0.2) is 16.1 Å². The van der Waals surface area contributed by atoms with Crippen molar-refractivity contribution in [1.82, 2.24) is 9.97 Å². The lowest BCUT2D eigenvalue weighted by atomic mass is 10.3. The summed E-state index contributed by atoms with van der Waals surface area (Å²) in [6.07, 6.45) is 1.13. The van der Waals surface area contributed by atoms with E-state index < -0.39 is 0 Å². The van der Waals surface area contributed by atoms with E-state index in [9.17, 15) is 4.79 Å². The highest BCUT2D eigenvalue weighted by Gasteiger charge is 2.08. The third-order valence-electron chi connectivity index (χ3n) is 2.48. The molecule has 0 saturated heterocycles. The van der Waals surface area contributed by atoms with Gasteiger partial charge >= 0.3 is 0 Å². The summed E-state index contributed by atoms with van der Waals surface area (Å²) in [7, 11) is 0. The molecular formula is C13H10N4O2S3. The summed E-state index contributed by atoms with van der Waals surface area (Å²) in [5.74, 6) is 0. The van der Waals surface area contributed by atoms with Gasteiger partial charge < -0.3 is 10.6 Å². The van der Waals surface area contributed by atoms with Crippen molar-refractivity contribution in [2.24, 2.45) is 5.16 Å². The predicted octanol–water partition coefficient (Wildman–Crippen LogP) is 3.16. The number of aromatic nitrogens is 2. The first-order chi connectivity index (χ1) is 10.7. The van der Waals surface area contributed by atoms with Crippen LogP contribution >= 0.6 is 34.4 Å². The normalized spacial score (nSPS) is 11.3. The molecule has 2 N–H and O–H groups in total. The molecule has 3 rings (SSSR count). The van der Waals surface area contributed by atoms with Crippen LogP contribution in [0.2, 0.25) is 0 Å². The topological polar surface area (TPSA) is 90.5 Å². The molecule has 0 aliphatic rings. The van der Waals surface area contributed by atoms with E-state index in [0.29, 0.717) is 15.2 Å². The van der Waals surface area contributed by atoms with Gasteiger partial charge in [-0.05, 0) is 23.9 Å². The van der Waals surface area contributed by atoms with Crippen LogP contribution in [0.4, 0.5) is 5.13 Å². The first-order valence-electron chi connectivity index (χ1n) is 6.13. The van der Waals surface area contributed by atoms with Crippen LogP contribution in [0.15, 0.2) is 39.1 Å². The lowest BCUT2D eigenvalue weighted by molar-refractivity contribution is -0.105. The van der Waals surface area contributed by atoms with Gasteiger partial charge in [0.1, 0.15) is 6.21 Å². The number of fused-ring (bicyclic) bond motifs is 1. The van der Waals surface area contributed by atoms with Crippen molar-refractivity contribution >= 4 is 61.1 Å². The van der Waals surface area contributed by atoms with Crippen LogP contribution in [0.1, 0.15) is 5.69 Å². The molecule has 0 aliphatic carbocycles. The van der Waals surface area contributed by atoms with Gasteiger partial charge in [0.05, 0.1) is 15.9 Å². The molecule has 0 atom stereocenters. The zero-order valence-electron chi connectivity index (χ0n) is 11.1. The molecule has 2 heterocycles. The van der Waals surface area contributed by atoms with Crippen LogP contribution < -0.4 is 5.73 Å². The Balaban J connectivity index is 1.52. The van der Waals surface area contributed by atoms with Crippen molar-refractivity contribution in [2.75, 3.05) is 5.73 Å². The molecule has 0 unspecified atom stereocenters. The lowest BCUT2D eigenvalue weighted by Crippen LogP contribution is -1.94. The first kappa shape index (κ1) is 14.9. The van der Waals surface area contributed by atoms with Crippen LogP contribution in [0, 0.1) is 0 Å². The SMILES string of the molecule is Nc1nc(CON=CC(=O)Sc2nc3ccccc3s2)cs1. The maximum Gasteiger partial charge on any atom is 0.240 e. The third-order valence-corrected chi connectivity index (χ3v) is 5.10. The molecule has 6 nitrogen and oxygen atoms in total. The number of nitrogens with two attached hydrogens (primary N) is 1. The highest BCUT2D eigenvalue weighted by Crippen LogP contribution is 2.29. The number of carbonyl (C=O) groups is 1. The Morgan fingerprint density at radius 1 is 1.41 bits per heavy atom. The molecule has 0 bridgehead atoms. The number of nitrogens with zero attached hydrogens (tertiary/aromatic N) is 3. The number of oxime groups is 1. The lowest BCUT2D eigenvalue weighted by Gasteiger charge is -1.94. The van der Waals surface area contributed by atoms with Gasteiger partial charge in [-0.25, -0.2) is 9.97 Å². The predicted molar refractivity (Wildman–Crippen MR) is 90.3 cm³/mol. The van der Waals surface area contributed by atoms with Crippen molar-refractivity contribution in [3.05, 3.63) is 35.3 Å². The van der Waals surface area contributed by atoms with Crippen molar-refractivity contribution in [3.8, 4) is 0 Å². The molecule has 0 fully saturated rings. The zero-order chi connectivity index (χ0) is 15.4. The van der Waals surface area contributed by atoms with E-state index in [2.05, 4.69) is 15.1 Å². The monoisotopic (exact) mass is 350 g/mol. The van der Waals surface area contributed by atoms with Crippen LogP contribution in [0.5, 0.6) is 0 Å². The van der Waals surface area contributed by atoms with E-state index in [1.54, 1.807) is 5.38 Å². The fraction of sp³-hybridized carbons (Fsp3) is 0.0769. The average molecular weight is 350 g/mol. The van der Waals surface area contributed by atoms with Crippen molar-refractivity contribution in [3.63, 3.8) is 0 Å². The van der Waals surface area contributed by atoms with Crippen LogP contribution in [0.3, 0.4) is 0 Å². The highest BCUT2D eigenvalue weighted by atomic mass is 32.2. The van der Waals surface area contributed by atoms with E-state index in [-0.39, 0.29) is 11.7 Å². The van der Waals surface area contributed by atoms with Gasteiger partial charge in [-0.15, -0.1) is 22.7 Å². The number of thiazole rings is 2. The van der Waals surface area contributed by atoms with Crippen LogP contribution in [-0.4, -0.2) is 21.3 Å². The van der Waals surface area contributed by atoms with Gasteiger partial charge in [0.2, 0.25) is 5.12 Å². The number of benzene rings is 1. The number of carbonyl (C=O) groups excluding carboxylic acids is 1. The molecule has 0 amide bonds. The molecule has 0 radical (unpaired) electrons. The summed E-state index contributed by atoms with van der Waals surface area (Å²) in [5, 5.41) is 5.65. The second kappa shape index (κ2) is 6.86. The number of rotatable bonds is 5. The Kier molecular flexibility index (Phi) is 4.66. The highest BCUT2D eigenvalue weighted by molar-refractivity contribution is 8.16. The van der Waals surface area contributed by atoms with E-state index >= 15 is 0 Å². The average Bonchev–Trinajstić information content (AvgIpc) is 3.09. The molecular weight excluding hydrogens is 340 g/mol. The number of thioether (sulfide) groups is 1. The Morgan fingerprint density at radius 3 is 3.05 bits per heavy atom. The standard InChI is InChI=1S/C13H10N4O2S3/c14-12-16-8(7-20-12)6-19-15-5-11(18)22-13-17-9-3-1-2-4-10(9)21-13/h1-5,7H,6H2,(H2,14,16). The third kappa shape index (κ3) is 3.81. The quantitative estimate of drug-likeness (QED) is 0.432. The molecule has 1 aromatic carbocycles.